The number of nitrogens with zero attached hydrogens (tertiary/aromatic N) is 1. The van der Waals surface area contributed by atoms with E-state index in [0.717, 1.165) is 45.1 Å². The van der Waals surface area contributed by atoms with Crippen molar-refractivity contribution in [1.82, 2.24) is 4.90 Å². The maximum Gasteiger partial charge on any atom is 0.0593 e. The summed E-state index contributed by atoms with van der Waals surface area (Å²) in [5.41, 5.74) is 0. The fourth-order valence-corrected chi connectivity index (χ4v) is 1.37. The molecule has 0 saturated carbocycles. The number of hydrogen-bond acceptors (Lipinski definition) is 2. The number of likely N-dealkylation sites (N-methyl/N-ethyl adjacent to an activating group) is 1. The molecule has 0 bridgehead atoms. The summed E-state index contributed by atoms with van der Waals surface area (Å²) in [5.74, 6) is 0.757. The quantitative estimate of drug-likeness (QED) is 0.416. The third-order valence-electron chi connectivity index (χ3n) is 2.25. The number of unbranched alkanes of at least 4 members (excludes halogenated alkanes) is 1. The van der Waals surface area contributed by atoms with Gasteiger partial charge in [-0.25, -0.2) is 0 Å². The molecule has 0 rings (SSSR count). The van der Waals surface area contributed by atoms with E-state index in [-0.39, 0.29) is 0 Å². The maximum absolute atomic E-state index is 5.65. The molecule has 0 N–H and O–H groups in total. The van der Waals surface area contributed by atoms with Gasteiger partial charge in [0.15, 0.2) is 0 Å². The predicted octanol–water partition coefficient (Wildman–Crippen LogP) is 2.75. The molecule has 0 aromatic rings. The lowest BCUT2D eigenvalue weighted by Crippen LogP contribution is -2.28. The Morgan fingerprint density at radius 3 is 2.43 bits per heavy atom. The van der Waals surface area contributed by atoms with Gasteiger partial charge in [0.25, 0.3) is 0 Å². The molecule has 0 aliphatic heterocycles. The topological polar surface area (TPSA) is 12.5 Å². The Balaban J connectivity index is 3.24. The van der Waals surface area contributed by atoms with Gasteiger partial charge >= 0.3 is 0 Å². The zero-order chi connectivity index (χ0) is 10.6. The van der Waals surface area contributed by atoms with Crippen LogP contribution in [0.3, 0.4) is 0 Å². The molecule has 0 heterocycles. The van der Waals surface area contributed by atoms with Crippen LogP contribution in [-0.4, -0.2) is 43.6 Å². The summed E-state index contributed by atoms with van der Waals surface area (Å²) in [6, 6.07) is 0. The lowest BCUT2D eigenvalue weighted by molar-refractivity contribution is 0.103. The van der Waals surface area contributed by atoms with Crippen LogP contribution in [0.5, 0.6) is 0 Å². The van der Waals surface area contributed by atoms with Crippen molar-refractivity contribution in [3.05, 3.63) is 0 Å². The first-order chi connectivity index (χ1) is 6.85. The average molecular weight is 222 g/mol. The van der Waals surface area contributed by atoms with Crippen molar-refractivity contribution in [2.24, 2.45) is 0 Å². The third kappa shape index (κ3) is 8.79. The molecule has 2 nitrogen and oxygen atoms in total. The normalized spacial score (nSPS) is 11.1. The van der Waals surface area contributed by atoms with Gasteiger partial charge in [0, 0.05) is 19.0 Å². The molecule has 14 heavy (non-hydrogen) atoms. The zero-order valence-corrected chi connectivity index (χ0v) is 10.4. The van der Waals surface area contributed by atoms with Crippen molar-refractivity contribution >= 4 is 11.6 Å². The Morgan fingerprint density at radius 2 is 1.86 bits per heavy atom. The number of hydrogen-bond donors (Lipinski definition) is 0. The van der Waals surface area contributed by atoms with Gasteiger partial charge < -0.3 is 9.64 Å². The van der Waals surface area contributed by atoms with E-state index in [2.05, 4.69) is 18.7 Å². The Labute approximate surface area is 93.6 Å². The summed E-state index contributed by atoms with van der Waals surface area (Å²) >= 11 is 5.65. The van der Waals surface area contributed by atoms with Gasteiger partial charge in [-0.15, -0.1) is 11.6 Å². The highest BCUT2D eigenvalue weighted by Gasteiger charge is 2.00. The molecule has 0 unspecified atom stereocenters. The molecule has 86 valence electrons. The smallest absolute Gasteiger partial charge is 0.0593 e. The van der Waals surface area contributed by atoms with Crippen molar-refractivity contribution in [1.29, 1.82) is 0 Å². The van der Waals surface area contributed by atoms with Crippen LogP contribution < -0.4 is 0 Å². The van der Waals surface area contributed by atoms with Crippen molar-refractivity contribution in [2.45, 2.75) is 33.1 Å². The number of halogens is 1. The highest BCUT2D eigenvalue weighted by molar-refractivity contribution is 6.17. The number of alkyl halides is 1. The Morgan fingerprint density at radius 1 is 1.07 bits per heavy atom. The second kappa shape index (κ2) is 11.3. The summed E-state index contributed by atoms with van der Waals surface area (Å²) < 4.78 is 5.51. The molecule has 0 spiro atoms. The summed E-state index contributed by atoms with van der Waals surface area (Å²) in [7, 11) is 0. The maximum atomic E-state index is 5.65. The van der Waals surface area contributed by atoms with E-state index in [0.29, 0.717) is 0 Å². The molecule has 0 aromatic heterocycles. The number of ether oxygens (including phenoxy) is 1. The van der Waals surface area contributed by atoms with Crippen LogP contribution in [0.1, 0.15) is 33.1 Å². The van der Waals surface area contributed by atoms with Gasteiger partial charge in [-0.3, -0.25) is 0 Å². The van der Waals surface area contributed by atoms with E-state index in [1.807, 2.05) is 0 Å². The zero-order valence-electron chi connectivity index (χ0n) is 9.60. The Hall–Kier alpha value is 0.210. The van der Waals surface area contributed by atoms with E-state index in [4.69, 9.17) is 16.3 Å². The van der Waals surface area contributed by atoms with E-state index in [1.54, 1.807) is 0 Å². The first kappa shape index (κ1) is 14.2. The first-order valence-electron chi connectivity index (χ1n) is 5.71. The highest BCUT2D eigenvalue weighted by atomic mass is 35.5. The molecule has 0 aromatic carbocycles. The van der Waals surface area contributed by atoms with Crippen LogP contribution in [0, 0.1) is 0 Å². The Bertz CT molecular complexity index is 111. The van der Waals surface area contributed by atoms with Crippen molar-refractivity contribution in [3.63, 3.8) is 0 Å². The Kier molecular flexibility index (Phi) is 11.5. The van der Waals surface area contributed by atoms with Crippen LogP contribution in [-0.2, 0) is 4.74 Å². The van der Waals surface area contributed by atoms with Gasteiger partial charge in [0.1, 0.15) is 0 Å². The molecule has 0 amide bonds. The molecule has 3 heteroatoms. The molecule has 0 radical (unpaired) electrons. The van der Waals surface area contributed by atoms with Crippen molar-refractivity contribution < 1.29 is 4.74 Å². The van der Waals surface area contributed by atoms with E-state index in [9.17, 15) is 0 Å². The molecule has 0 atom stereocenters. The fraction of sp³-hybridized carbons (Fsp3) is 1.00. The van der Waals surface area contributed by atoms with Crippen LogP contribution in [0.25, 0.3) is 0 Å². The molecule has 0 fully saturated rings. The van der Waals surface area contributed by atoms with Gasteiger partial charge in [0.05, 0.1) is 6.61 Å². The minimum atomic E-state index is 0.757. The predicted molar refractivity (Wildman–Crippen MR) is 63.2 cm³/mol. The molecular weight excluding hydrogens is 198 g/mol. The minimum absolute atomic E-state index is 0.757. The monoisotopic (exact) mass is 221 g/mol. The van der Waals surface area contributed by atoms with Crippen molar-refractivity contribution in [2.75, 3.05) is 38.7 Å². The van der Waals surface area contributed by atoms with Crippen LogP contribution in [0.15, 0.2) is 0 Å². The standard InChI is InChI=1S/C11H24ClNO/c1-3-5-10-14-11-9-13(4-2)8-6-7-12/h3-11H2,1-2H3. The fourth-order valence-electron chi connectivity index (χ4n) is 1.25. The average Bonchev–Trinajstić information content (AvgIpc) is 2.22. The molecular formula is C11H24ClNO. The van der Waals surface area contributed by atoms with Gasteiger partial charge in [-0.2, -0.15) is 0 Å². The van der Waals surface area contributed by atoms with Crippen molar-refractivity contribution in [3.8, 4) is 0 Å². The van der Waals surface area contributed by atoms with Crippen LogP contribution in [0.2, 0.25) is 0 Å². The van der Waals surface area contributed by atoms with E-state index in [1.165, 1.54) is 12.8 Å². The van der Waals surface area contributed by atoms with Gasteiger partial charge in [-0.05, 0) is 25.9 Å². The third-order valence-corrected chi connectivity index (χ3v) is 2.52. The van der Waals surface area contributed by atoms with Gasteiger partial charge in [0.2, 0.25) is 0 Å². The van der Waals surface area contributed by atoms with E-state index >= 15 is 0 Å². The summed E-state index contributed by atoms with van der Waals surface area (Å²) in [4.78, 5) is 2.38. The molecule has 0 aliphatic carbocycles. The molecule has 0 saturated heterocycles. The lowest BCUT2D eigenvalue weighted by Gasteiger charge is -2.19. The highest BCUT2D eigenvalue weighted by Crippen LogP contribution is 1.94. The first-order valence-corrected chi connectivity index (χ1v) is 6.24. The minimum Gasteiger partial charge on any atom is -0.380 e. The lowest BCUT2D eigenvalue weighted by atomic mass is 10.4. The second-order valence-electron chi connectivity index (χ2n) is 3.44. The second-order valence-corrected chi connectivity index (χ2v) is 3.82. The summed E-state index contributed by atoms with van der Waals surface area (Å²) in [6.07, 6.45) is 3.46. The SMILES string of the molecule is CCCCOCCN(CC)CCCCl. The van der Waals surface area contributed by atoms with Gasteiger partial charge in [-0.1, -0.05) is 20.3 Å². The summed E-state index contributed by atoms with van der Waals surface area (Å²) in [6.45, 7) is 9.35. The summed E-state index contributed by atoms with van der Waals surface area (Å²) in [5, 5.41) is 0. The van der Waals surface area contributed by atoms with Crippen LogP contribution in [0.4, 0.5) is 0 Å². The van der Waals surface area contributed by atoms with E-state index < -0.39 is 0 Å². The largest absolute Gasteiger partial charge is 0.380 e. The molecule has 0 aliphatic rings. The number of rotatable bonds is 10. The van der Waals surface area contributed by atoms with Crippen LogP contribution >= 0.6 is 11.6 Å².